The molecule has 0 fully saturated rings. The molecule has 0 spiro atoms. The number of nitrogens with one attached hydrogen (secondary N) is 1. The van der Waals surface area contributed by atoms with Gasteiger partial charge in [0.25, 0.3) is 0 Å². The van der Waals surface area contributed by atoms with Crippen LogP contribution in [0.15, 0.2) is 18.3 Å². The van der Waals surface area contributed by atoms with E-state index in [0.717, 1.165) is 10.5 Å². The quantitative estimate of drug-likeness (QED) is 0.713. The second-order valence-corrected chi connectivity index (χ2v) is 4.51. The maximum absolute atomic E-state index is 11.1. The van der Waals surface area contributed by atoms with Crippen molar-refractivity contribution in [2.75, 3.05) is 14.1 Å². The second kappa shape index (κ2) is 4.18. The molecule has 90 valence electrons. The molecule has 1 N–H and O–H groups in total. The zero-order chi connectivity index (χ0) is 12.6. The number of carboxylic acids is 1. The van der Waals surface area contributed by atoms with Crippen LogP contribution in [0.1, 0.15) is 21.7 Å². The van der Waals surface area contributed by atoms with Crippen molar-refractivity contribution in [3.63, 3.8) is 0 Å². The van der Waals surface area contributed by atoms with Crippen LogP contribution in [0.3, 0.4) is 0 Å². The van der Waals surface area contributed by atoms with Crippen molar-refractivity contribution in [1.82, 2.24) is 9.38 Å². The number of imidazole rings is 1. The van der Waals surface area contributed by atoms with Crippen LogP contribution in [0.4, 0.5) is 0 Å². The topological polar surface area (TPSA) is 61.9 Å². The summed E-state index contributed by atoms with van der Waals surface area (Å²) in [5, 5.41) is 11.1. The van der Waals surface area contributed by atoms with Crippen molar-refractivity contribution in [1.29, 1.82) is 0 Å². The minimum absolute atomic E-state index is 0.0387. The number of rotatable bonds is 3. The van der Waals surface area contributed by atoms with Gasteiger partial charge < -0.3 is 14.8 Å². The average Bonchev–Trinajstić information content (AvgIpc) is 2.55. The number of nitrogens with zero attached hydrogens (tertiary/aromatic N) is 2. The number of carbonyl (C=O) groups excluding carboxylic acids is 1. The Hall–Kier alpha value is -1.88. The third-order valence-electron chi connectivity index (χ3n) is 2.59. The van der Waals surface area contributed by atoms with Gasteiger partial charge in [-0.15, -0.1) is 0 Å². The van der Waals surface area contributed by atoms with E-state index in [0.29, 0.717) is 17.9 Å². The molecule has 0 saturated heterocycles. The van der Waals surface area contributed by atoms with E-state index in [1.54, 1.807) is 0 Å². The summed E-state index contributed by atoms with van der Waals surface area (Å²) in [5.74, 6) is -1.22. The molecule has 0 atom stereocenters. The highest BCUT2D eigenvalue weighted by Gasteiger charge is 2.15. The minimum atomic E-state index is -1.22. The summed E-state index contributed by atoms with van der Waals surface area (Å²) in [6.45, 7) is 2.54. The van der Waals surface area contributed by atoms with Gasteiger partial charge in [0, 0.05) is 6.20 Å². The van der Waals surface area contributed by atoms with Crippen molar-refractivity contribution >= 4 is 11.6 Å². The van der Waals surface area contributed by atoms with Gasteiger partial charge in [-0.25, -0.2) is 4.98 Å². The fraction of sp³-hybridized carbons (Fsp3) is 0.333. The fourth-order valence-electron chi connectivity index (χ4n) is 1.86. The highest BCUT2D eigenvalue weighted by atomic mass is 16.4. The lowest BCUT2D eigenvalue weighted by Crippen LogP contribution is -3.04. The molecule has 0 aromatic carbocycles. The summed E-state index contributed by atoms with van der Waals surface area (Å²) in [6, 6.07) is 3.79. The Labute approximate surface area is 99.3 Å². The molecule has 2 heterocycles. The van der Waals surface area contributed by atoms with E-state index in [2.05, 4.69) is 4.98 Å². The summed E-state index contributed by atoms with van der Waals surface area (Å²) in [6.07, 6.45) is 1.85. The van der Waals surface area contributed by atoms with E-state index < -0.39 is 5.97 Å². The van der Waals surface area contributed by atoms with E-state index in [1.165, 1.54) is 0 Å². The minimum Gasteiger partial charge on any atom is -0.543 e. The largest absolute Gasteiger partial charge is 0.543 e. The SMILES string of the molecule is Cc1ccn2c(C[NH+](C)C)c(C(=O)[O-])nc2c1. The Bertz CT molecular complexity index is 572. The van der Waals surface area contributed by atoms with Crippen LogP contribution in [-0.4, -0.2) is 29.4 Å². The van der Waals surface area contributed by atoms with Crippen molar-refractivity contribution in [2.45, 2.75) is 13.5 Å². The Kier molecular flexibility index (Phi) is 2.85. The van der Waals surface area contributed by atoms with Gasteiger partial charge in [-0.05, 0) is 24.6 Å². The second-order valence-electron chi connectivity index (χ2n) is 4.51. The Morgan fingerprint density at radius 3 is 2.82 bits per heavy atom. The lowest BCUT2D eigenvalue weighted by molar-refractivity contribution is -0.873. The number of aromatic nitrogens is 2. The van der Waals surface area contributed by atoms with E-state index in [-0.39, 0.29) is 5.69 Å². The standard InChI is InChI=1S/C12H15N3O2/c1-8-4-5-15-9(7-14(2)3)11(12(16)17)13-10(15)6-8/h4-6H,7H2,1-3H3,(H,16,17). The zero-order valence-electron chi connectivity index (χ0n) is 10.2. The smallest absolute Gasteiger partial charge is 0.138 e. The van der Waals surface area contributed by atoms with Crippen LogP contribution in [0.5, 0.6) is 0 Å². The van der Waals surface area contributed by atoms with E-state index >= 15 is 0 Å². The van der Waals surface area contributed by atoms with Gasteiger partial charge in [0.1, 0.15) is 23.6 Å². The first-order valence-corrected chi connectivity index (χ1v) is 5.47. The average molecular weight is 233 g/mol. The molecule has 2 aromatic heterocycles. The molecular weight excluding hydrogens is 218 g/mol. The first-order valence-electron chi connectivity index (χ1n) is 5.47. The maximum Gasteiger partial charge on any atom is 0.138 e. The molecule has 0 radical (unpaired) electrons. The molecule has 0 aliphatic rings. The predicted molar refractivity (Wildman–Crippen MR) is 60.8 cm³/mol. The lowest BCUT2D eigenvalue weighted by Gasteiger charge is -2.09. The number of hydrogen-bond donors (Lipinski definition) is 1. The van der Waals surface area contributed by atoms with Crippen molar-refractivity contribution in [3.05, 3.63) is 35.3 Å². The predicted octanol–water partition coefficient (Wildman–Crippen LogP) is -1.35. The van der Waals surface area contributed by atoms with E-state index in [4.69, 9.17) is 0 Å². The van der Waals surface area contributed by atoms with Crippen LogP contribution in [0.2, 0.25) is 0 Å². The first-order chi connectivity index (χ1) is 7.99. The van der Waals surface area contributed by atoms with Crippen molar-refractivity contribution in [3.8, 4) is 0 Å². The summed E-state index contributed by atoms with van der Waals surface area (Å²) in [5.41, 5.74) is 2.42. The van der Waals surface area contributed by atoms with Crippen LogP contribution >= 0.6 is 0 Å². The Balaban J connectivity index is 2.66. The molecule has 0 unspecified atom stereocenters. The van der Waals surface area contributed by atoms with E-state index in [9.17, 15) is 9.90 Å². The van der Waals surface area contributed by atoms with Crippen molar-refractivity contribution < 1.29 is 14.8 Å². The van der Waals surface area contributed by atoms with Crippen molar-refractivity contribution in [2.24, 2.45) is 0 Å². The normalized spacial score (nSPS) is 11.3. The lowest BCUT2D eigenvalue weighted by atomic mass is 10.3. The zero-order valence-corrected chi connectivity index (χ0v) is 10.2. The molecule has 0 aliphatic heterocycles. The monoisotopic (exact) mass is 233 g/mol. The molecule has 0 amide bonds. The molecule has 0 aliphatic carbocycles. The number of pyridine rings is 1. The molecule has 0 saturated carbocycles. The van der Waals surface area contributed by atoms with E-state index in [1.807, 2.05) is 43.7 Å². The molecule has 0 bridgehead atoms. The third-order valence-corrected chi connectivity index (χ3v) is 2.59. The Morgan fingerprint density at radius 2 is 2.24 bits per heavy atom. The molecule has 5 heteroatoms. The van der Waals surface area contributed by atoms with Crippen LogP contribution in [0.25, 0.3) is 5.65 Å². The molecular formula is C12H15N3O2. The first kappa shape index (κ1) is 11.6. The maximum atomic E-state index is 11.1. The highest BCUT2D eigenvalue weighted by Crippen LogP contribution is 2.13. The number of quaternary nitrogens is 1. The third kappa shape index (κ3) is 2.14. The number of fused-ring (bicyclic) bond motifs is 1. The summed E-state index contributed by atoms with van der Waals surface area (Å²) in [4.78, 5) is 16.3. The molecule has 5 nitrogen and oxygen atoms in total. The van der Waals surface area contributed by atoms with Gasteiger partial charge >= 0.3 is 0 Å². The molecule has 17 heavy (non-hydrogen) atoms. The summed E-state index contributed by atoms with van der Waals surface area (Å²) >= 11 is 0. The summed E-state index contributed by atoms with van der Waals surface area (Å²) < 4.78 is 1.81. The van der Waals surface area contributed by atoms with Gasteiger partial charge in [0.05, 0.1) is 20.1 Å². The number of hydrogen-bond acceptors (Lipinski definition) is 3. The molecule has 2 aromatic rings. The van der Waals surface area contributed by atoms with Gasteiger partial charge in [0.15, 0.2) is 0 Å². The number of aromatic carboxylic acids is 1. The number of aryl methyl sites for hydroxylation is 1. The van der Waals surface area contributed by atoms with Crippen LogP contribution in [-0.2, 0) is 6.54 Å². The van der Waals surface area contributed by atoms with Gasteiger partial charge in [0.2, 0.25) is 0 Å². The summed E-state index contributed by atoms with van der Waals surface area (Å²) in [7, 11) is 3.93. The van der Waals surface area contributed by atoms with Crippen LogP contribution < -0.4 is 10.0 Å². The van der Waals surface area contributed by atoms with Crippen LogP contribution in [0, 0.1) is 6.92 Å². The van der Waals surface area contributed by atoms with Gasteiger partial charge in [-0.3, -0.25) is 4.40 Å². The highest BCUT2D eigenvalue weighted by molar-refractivity contribution is 5.86. The fourth-order valence-corrected chi connectivity index (χ4v) is 1.86. The molecule has 2 rings (SSSR count). The number of carbonyl (C=O) groups is 1. The van der Waals surface area contributed by atoms with Gasteiger partial charge in [-0.2, -0.15) is 0 Å². The Morgan fingerprint density at radius 1 is 1.53 bits per heavy atom. The van der Waals surface area contributed by atoms with Gasteiger partial charge in [-0.1, -0.05) is 0 Å². The number of carboxylic acid groups (broad SMARTS) is 1.